The molecule has 1 unspecified atom stereocenters. The first-order valence-corrected chi connectivity index (χ1v) is 9.00. The first-order valence-electron chi connectivity index (χ1n) is 7.32. The van der Waals surface area contributed by atoms with Gasteiger partial charge in [-0.2, -0.15) is 0 Å². The van der Waals surface area contributed by atoms with E-state index in [9.17, 15) is 4.79 Å². The normalized spacial score (nSPS) is 12.1. The lowest BCUT2D eigenvalue weighted by Crippen LogP contribution is -2.14. The van der Waals surface area contributed by atoms with Gasteiger partial charge in [-0.05, 0) is 31.2 Å². The summed E-state index contributed by atoms with van der Waals surface area (Å²) in [6.07, 6.45) is 3.46. The number of Topliss-reactive ketones (excluding diaryl/α,β-unsaturated/α-hetero) is 1. The maximum atomic E-state index is 12.5. The lowest BCUT2D eigenvalue weighted by molar-refractivity contribution is 0.0994. The van der Waals surface area contributed by atoms with E-state index in [1.54, 1.807) is 12.4 Å². The summed E-state index contributed by atoms with van der Waals surface area (Å²) in [6.45, 7) is 1.88. The van der Waals surface area contributed by atoms with E-state index in [2.05, 4.69) is 31.1 Å². The number of halogens is 1. The molecule has 2 heterocycles. The van der Waals surface area contributed by atoms with Crippen molar-refractivity contribution in [3.63, 3.8) is 0 Å². The van der Waals surface area contributed by atoms with Gasteiger partial charge in [0.15, 0.2) is 16.8 Å². The van der Waals surface area contributed by atoms with Crippen LogP contribution < -0.4 is 0 Å². The van der Waals surface area contributed by atoms with Gasteiger partial charge in [0.05, 0.1) is 5.25 Å². The molecular formula is C17H15BrN4OS. The summed E-state index contributed by atoms with van der Waals surface area (Å²) in [5.74, 6) is 0.798. The van der Waals surface area contributed by atoms with E-state index in [1.165, 1.54) is 11.8 Å². The van der Waals surface area contributed by atoms with Gasteiger partial charge in [-0.1, -0.05) is 39.8 Å². The van der Waals surface area contributed by atoms with E-state index >= 15 is 0 Å². The molecule has 0 radical (unpaired) electrons. The molecule has 7 heteroatoms. The van der Waals surface area contributed by atoms with Gasteiger partial charge in [0.1, 0.15) is 0 Å². The molecule has 0 aliphatic carbocycles. The lowest BCUT2D eigenvalue weighted by Gasteiger charge is -2.10. The first kappa shape index (κ1) is 16.9. The van der Waals surface area contributed by atoms with Crippen molar-refractivity contribution >= 4 is 33.5 Å². The standard InChI is InChI=1S/C17H15BrN4OS/c1-11(15(23)12-5-7-14(18)8-6-12)24-17-21-20-16(22(17)2)13-4-3-9-19-10-13/h3-11H,1-2H3. The average molecular weight is 403 g/mol. The largest absolute Gasteiger partial charge is 0.305 e. The fraction of sp³-hybridized carbons (Fsp3) is 0.176. The lowest BCUT2D eigenvalue weighted by atomic mass is 10.1. The third kappa shape index (κ3) is 3.57. The Kier molecular flexibility index (Phi) is 5.11. The number of hydrogen-bond acceptors (Lipinski definition) is 5. The zero-order valence-electron chi connectivity index (χ0n) is 13.2. The third-order valence-corrected chi connectivity index (χ3v) is 5.20. The number of thioether (sulfide) groups is 1. The Morgan fingerprint density at radius 1 is 1.21 bits per heavy atom. The summed E-state index contributed by atoms with van der Waals surface area (Å²) in [6, 6.07) is 11.2. The highest BCUT2D eigenvalue weighted by atomic mass is 79.9. The van der Waals surface area contributed by atoms with Crippen molar-refractivity contribution in [3.05, 3.63) is 58.8 Å². The maximum absolute atomic E-state index is 12.5. The van der Waals surface area contributed by atoms with Gasteiger partial charge >= 0.3 is 0 Å². The van der Waals surface area contributed by atoms with Gasteiger partial charge in [-0.3, -0.25) is 9.78 Å². The summed E-state index contributed by atoms with van der Waals surface area (Å²) < 4.78 is 2.83. The Morgan fingerprint density at radius 2 is 1.96 bits per heavy atom. The van der Waals surface area contributed by atoms with Crippen molar-refractivity contribution in [1.29, 1.82) is 0 Å². The fourth-order valence-corrected chi connectivity index (χ4v) is 3.38. The monoisotopic (exact) mass is 402 g/mol. The molecule has 24 heavy (non-hydrogen) atoms. The minimum atomic E-state index is -0.254. The summed E-state index contributed by atoms with van der Waals surface area (Å²) in [5, 5.41) is 8.87. The summed E-state index contributed by atoms with van der Waals surface area (Å²) in [5.41, 5.74) is 1.58. The van der Waals surface area contributed by atoms with Crippen molar-refractivity contribution < 1.29 is 4.79 Å². The van der Waals surface area contributed by atoms with E-state index in [1.807, 2.05) is 54.9 Å². The van der Waals surface area contributed by atoms with Gasteiger partial charge < -0.3 is 4.57 Å². The number of pyridine rings is 1. The predicted molar refractivity (Wildman–Crippen MR) is 98.0 cm³/mol. The van der Waals surface area contributed by atoms with Crippen molar-refractivity contribution in [1.82, 2.24) is 19.7 Å². The number of hydrogen-bond donors (Lipinski definition) is 0. The Hall–Kier alpha value is -1.99. The van der Waals surface area contributed by atoms with E-state index in [-0.39, 0.29) is 11.0 Å². The first-order chi connectivity index (χ1) is 11.6. The van der Waals surface area contributed by atoms with Crippen molar-refractivity contribution in [2.75, 3.05) is 0 Å². The second kappa shape index (κ2) is 7.27. The van der Waals surface area contributed by atoms with Crippen LogP contribution in [0.25, 0.3) is 11.4 Å². The molecule has 0 saturated heterocycles. The molecular weight excluding hydrogens is 388 g/mol. The number of nitrogens with zero attached hydrogens (tertiary/aromatic N) is 4. The van der Waals surface area contributed by atoms with Crippen LogP contribution in [0.3, 0.4) is 0 Å². The zero-order valence-corrected chi connectivity index (χ0v) is 15.6. The number of carbonyl (C=O) groups excluding carboxylic acids is 1. The summed E-state index contributed by atoms with van der Waals surface area (Å²) in [4.78, 5) is 16.6. The Labute approximate surface area is 152 Å². The number of carbonyl (C=O) groups is 1. The van der Waals surface area contributed by atoms with E-state index in [4.69, 9.17) is 0 Å². The molecule has 0 aliphatic heterocycles. The molecule has 0 N–H and O–H groups in total. The smallest absolute Gasteiger partial charge is 0.191 e. The van der Waals surface area contributed by atoms with Crippen LogP contribution in [-0.2, 0) is 7.05 Å². The summed E-state index contributed by atoms with van der Waals surface area (Å²) >= 11 is 4.78. The van der Waals surface area contributed by atoms with Crippen LogP contribution in [-0.4, -0.2) is 30.8 Å². The highest BCUT2D eigenvalue weighted by Gasteiger charge is 2.20. The van der Waals surface area contributed by atoms with Crippen LogP contribution >= 0.6 is 27.7 Å². The summed E-state index contributed by atoms with van der Waals surface area (Å²) in [7, 11) is 1.89. The Bertz CT molecular complexity index is 849. The minimum absolute atomic E-state index is 0.0680. The fourth-order valence-electron chi connectivity index (χ4n) is 2.22. The van der Waals surface area contributed by atoms with Crippen LogP contribution in [0.1, 0.15) is 17.3 Å². The molecule has 5 nitrogen and oxygen atoms in total. The number of benzene rings is 1. The molecule has 0 amide bonds. The maximum Gasteiger partial charge on any atom is 0.191 e. The van der Waals surface area contributed by atoms with Crippen LogP contribution in [0.4, 0.5) is 0 Å². The number of ketones is 1. The van der Waals surface area contributed by atoms with Crippen molar-refractivity contribution in [2.45, 2.75) is 17.3 Å². The molecule has 1 aromatic carbocycles. The van der Waals surface area contributed by atoms with Crippen LogP contribution in [0.15, 0.2) is 58.4 Å². The average Bonchev–Trinajstić information content (AvgIpc) is 2.96. The second-order valence-corrected chi connectivity index (χ2v) is 7.46. The van der Waals surface area contributed by atoms with Gasteiger partial charge in [0, 0.05) is 35.0 Å². The predicted octanol–water partition coefficient (Wildman–Crippen LogP) is 4.00. The zero-order chi connectivity index (χ0) is 17.1. The molecule has 3 aromatic rings. The Balaban J connectivity index is 1.78. The number of rotatable bonds is 5. The quantitative estimate of drug-likeness (QED) is 0.476. The van der Waals surface area contributed by atoms with Gasteiger partial charge in [0.2, 0.25) is 0 Å². The molecule has 0 aliphatic rings. The number of aromatic nitrogens is 4. The molecule has 0 spiro atoms. The van der Waals surface area contributed by atoms with E-state index < -0.39 is 0 Å². The molecule has 122 valence electrons. The van der Waals surface area contributed by atoms with Gasteiger partial charge in [0.25, 0.3) is 0 Å². The second-order valence-electron chi connectivity index (χ2n) is 5.24. The van der Waals surface area contributed by atoms with Gasteiger partial charge in [-0.15, -0.1) is 10.2 Å². The molecule has 3 rings (SSSR count). The molecule has 1 atom stereocenters. The van der Waals surface area contributed by atoms with E-state index in [0.29, 0.717) is 10.7 Å². The third-order valence-electron chi connectivity index (χ3n) is 3.53. The van der Waals surface area contributed by atoms with Crippen LogP contribution in [0.5, 0.6) is 0 Å². The SMILES string of the molecule is CC(Sc1nnc(-c2cccnc2)n1C)C(=O)c1ccc(Br)cc1. The molecule has 0 bridgehead atoms. The van der Waals surface area contributed by atoms with Crippen LogP contribution in [0.2, 0.25) is 0 Å². The van der Waals surface area contributed by atoms with Crippen molar-refractivity contribution in [3.8, 4) is 11.4 Å². The Morgan fingerprint density at radius 3 is 2.62 bits per heavy atom. The van der Waals surface area contributed by atoms with Crippen LogP contribution in [0, 0.1) is 0 Å². The minimum Gasteiger partial charge on any atom is -0.305 e. The topological polar surface area (TPSA) is 60.7 Å². The van der Waals surface area contributed by atoms with Gasteiger partial charge in [-0.25, -0.2) is 0 Å². The van der Waals surface area contributed by atoms with Crippen molar-refractivity contribution in [2.24, 2.45) is 7.05 Å². The molecule has 2 aromatic heterocycles. The highest BCUT2D eigenvalue weighted by Crippen LogP contribution is 2.27. The molecule has 0 fully saturated rings. The highest BCUT2D eigenvalue weighted by molar-refractivity contribution is 9.10. The molecule has 0 saturated carbocycles. The van der Waals surface area contributed by atoms with E-state index in [0.717, 1.165) is 15.9 Å².